The second kappa shape index (κ2) is 3.12. The number of fused-ring (bicyclic) bond motifs is 1. The van der Waals surface area contributed by atoms with Gasteiger partial charge in [0.1, 0.15) is 11.6 Å². The van der Waals surface area contributed by atoms with E-state index in [2.05, 4.69) is 20.3 Å². The summed E-state index contributed by atoms with van der Waals surface area (Å²) in [5.41, 5.74) is 2.77. The van der Waals surface area contributed by atoms with Crippen molar-refractivity contribution in [2.24, 2.45) is 0 Å². The summed E-state index contributed by atoms with van der Waals surface area (Å²) < 4.78 is 2.14. The van der Waals surface area contributed by atoms with Crippen LogP contribution >= 0.6 is 0 Å². The van der Waals surface area contributed by atoms with E-state index in [9.17, 15) is 0 Å². The maximum absolute atomic E-state index is 4.75. The van der Waals surface area contributed by atoms with Gasteiger partial charge in [0.2, 0.25) is 0 Å². The summed E-state index contributed by atoms with van der Waals surface area (Å²) in [4.78, 5) is 8.98. The standard InChI is InChI=1S/C7H12N4O/c1-12-10-5-7-9-4-6-8-2-3-11(6)7/h4,8,10H,2-3,5H2,1H3. The minimum Gasteiger partial charge on any atom is -0.368 e. The molecule has 2 rings (SSSR count). The number of rotatable bonds is 3. The van der Waals surface area contributed by atoms with Gasteiger partial charge < -0.3 is 14.7 Å². The second-order valence-electron chi connectivity index (χ2n) is 2.66. The molecule has 1 aromatic heterocycles. The van der Waals surface area contributed by atoms with Gasteiger partial charge in [-0.2, -0.15) is 5.48 Å². The van der Waals surface area contributed by atoms with Gasteiger partial charge in [-0.15, -0.1) is 0 Å². The summed E-state index contributed by atoms with van der Waals surface area (Å²) in [7, 11) is 1.60. The minimum atomic E-state index is 0.651. The molecule has 0 aromatic carbocycles. The Morgan fingerprint density at radius 3 is 3.58 bits per heavy atom. The summed E-state index contributed by atoms with van der Waals surface area (Å²) in [6.45, 7) is 2.64. The van der Waals surface area contributed by atoms with Gasteiger partial charge in [-0.1, -0.05) is 0 Å². The highest BCUT2D eigenvalue weighted by atomic mass is 16.6. The highest BCUT2D eigenvalue weighted by Gasteiger charge is 2.13. The molecule has 0 aliphatic carbocycles. The van der Waals surface area contributed by atoms with E-state index in [1.54, 1.807) is 7.11 Å². The van der Waals surface area contributed by atoms with Gasteiger partial charge in [-0.25, -0.2) is 4.98 Å². The van der Waals surface area contributed by atoms with E-state index < -0.39 is 0 Å². The highest BCUT2D eigenvalue weighted by Crippen LogP contribution is 2.15. The topological polar surface area (TPSA) is 51.1 Å². The zero-order valence-corrected chi connectivity index (χ0v) is 7.00. The smallest absolute Gasteiger partial charge is 0.126 e. The van der Waals surface area contributed by atoms with Crippen molar-refractivity contribution in [3.63, 3.8) is 0 Å². The number of anilines is 1. The average molecular weight is 168 g/mol. The van der Waals surface area contributed by atoms with E-state index in [4.69, 9.17) is 4.84 Å². The van der Waals surface area contributed by atoms with Gasteiger partial charge >= 0.3 is 0 Å². The molecule has 0 saturated heterocycles. The number of aromatic nitrogens is 2. The molecule has 2 heterocycles. The lowest BCUT2D eigenvalue weighted by atomic mass is 10.5. The van der Waals surface area contributed by atoms with Crippen molar-refractivity contribution in [2.45, 2.75) is 13.1 Å². The largest absolute Gasteiger partial charge is 0.368 e. The summed E-state index contributed by atoms with van der Waals surface area (Å²) in [6.07, 6.45) is 1.85. The molecular formula is C7H12N4O. The Hall–Kier alpha value is -1.07. The van der Waals surface area contributed by atoms with Gasteiger partial charge in [-0.05, 0) is 0 Å². The molecule has 0 fully saturated rings. The molecule has 0 radical (unpaired) electrons. The first-order valence-corrected chi connectivity index (χ1v) is 3.96. The van der Waals surface area contributed by atoms with Gasteiger partial charge in [-0.3, -0.25) is 0 Å². The Morgan fingerprint density at radius 2 is 2.75 bits per heavy atom. The minimum absolute atomic E-state index is 0.651. The molecule has 66 valence electrons. The second-order valence-corrected chi connectivity index (χ2v) is 2.66. The van der Waals surface area contributed by atoms with Crippen molar-refractivity contribution >= 4 is 5.82 Å². The Bertz CT molecular complexity index is 270. The van der Waals surface area contributed by atoms with Crippen LogP contribution in [-0.2, 0) is 17.9 Å². The fraction of sp³-hybridized carbons (Fsp3) is 0.571. The molecular weight excluding hydrogens is 156 g/mol. The van der Waals surface area contributed by atoms with Crippen LogP contribution in [0.15, 0.2) is 6.20 Å². The zero-order valence-electron chi connectivity index (χ0n) is 7.00. The van der Waals surface area contributed by atoms with Gasteiger partial charge in [0.15, 0.2) is 0 Å². The third-order valence-corrected chi connectivity index (χ3v) is 1.95. The van der Waals surface area contributed by atoms with Crippen LogP contribution in [0.4, 0.5) is 5.82 Å². The van der Waals surface area contributed by atoms with Crippen molar-refractivity contribution in [3.05, 3.63) is 12.0 Å². The highest BCUT2D eigenvalue weighted by molar-refractivity contribution is 5.38. The quantitative estimate of drug-likeness (QED) is 0.622. The number of nitrogens with zero attached hydrogens (tertiary/aromatic N) is 2. The third kappa shape index (κ3) is 1.17. The van der Waals surface area contributed by atoms with Crippen molar-refractivity contribution in [3.8, 4) is 0 Å². The van der Waals surface area contributed by atoms with E-state index >= 15 is 0 Å². The lowest BCUT2D eigenvalue weighted by Crippen LogP contribution is -2.15. The van der Waals surface area contributed by atoms with E-state index in [1.807, 2.05) is 6.20 Å². The van der Waals surface area contributed by atoms with Crippen LogP contribution in [0.3, 0.4) is 0 Å². The molecule has 0 saturated carbocycles. The number of hydrogen-bond donors (Lipinski definition) is 2. The van der Waals surface area contributed by atoms with Crippen LogP contribution in [0.5, 0.6) is 0 Å². The van der Waals surface area contributed by atoms with E-state index in [-0.39, 0.29) is 0 Å². The van der Waals surface area contributed by atoms with Crippen molar-refractivity contribution in [1.82, 2.24) is 15.0 Å². The number of imidazole rings is 1. The molecule has 5 heteroatoms. The van der Waals surface area contributed by atoms with Gasteiger partial charge in [0.05, 0.1) is 19.9 Å². The predicted molar refractivity (Wildman–Crippen MR) is 44.6 cm³/mol. The fourth-order valence-electron chi connectivity index (χ4n) is 1.38. The molecule has 0 unspecified atom stereocenters. The molecule has 1 aliphatic rings. The lowest BCUT2D eigenvalue weighted by molar-refractivity contribution is 0.0842. The maximum Gasteiger partial charge on any atom is 0.126 e. The average Bonchev–Trinajstić information content (AvgIpc) is 2.62. The molecule has 2 N–H and O–H groups in total. The summed E-state index contributed by atoms with van der Waals surface area (Å²) in [5, 5.41) is 3.23. The molecule has 0 atom stereocenters. The molecule has 0 spiro atoms. The Balaban J connectivity index is 2.11. The number of hydrogen-bond acceptors (Lipinski definition) is 4. The predicted octanol–water partition coefficient (Wildman–Crippen LogP) is -0.0404. The van der Waals surface area contributed by atoms with Gasteiger partial charge in [0.25, 0.3) is 0 Å². The van der Waals surface area contributed by atoms with Gasteiger partial charge in [0, 0.05) is 13.1 Å². The Labute approximate surface area is 70.7 Å². The first kappa shape index (κ1) is 7.57. The van der Waals surface area contributed by atoms with Crippen molar-refractivity contribution < 1.29 is 4.84 Å². The van der Waals surface area contributed by atoms with Crippen LogP contribution in [0.25, 0.3) is 0 Å². The normalized spacial score (nSPS) is 14.4. The van der Waals surface area contributed by atoms with Crippen molar-refractivity contribution in [2.75, 3.05) is 19.0 Å². The lowest BCUT2D eigenvalue weighted by Gasteiger charge is -2.02. The number of hydroxylamine groups is 1. The van der Waals surface area contributed by atoms with E-state index in [0.29, 0.717) is 6.54 Å². The Morgan fingerprint density at radius 1 is 1.83 bits per heavy atom. The van der Waals surface area contributed by atoms with Crippen LogP contribution < -0.4 is 10.8 Å². The summed E-state index contributed by atoms with van der Waals surface area (Å²) >= 11 is 0. The Kier molecular flexibility index (Phi) is 1.97. The van der Waals surface area contributed by atoms with Crippen LogP contribution in [0.2, 0.25) is 0 Å². The zero-order chi connectivity index (χ0) is 8.39. The summed E-state index contributed by atoms with van der Waals surface area (Å²) in [6, 6.07) is 0. The van der Waals surface area contributed by atoms with Crippen LogP contribution in [0, 0.1) is 0 Å². The molecule has 12 heavy (non-hydrogen) atoms. The number of nitrogens with one attached hydrogen (secondary N) is 2. The molecule has 1 aromatic rings. The molecule has 1 aliphatic heterocycles. The molecule has 0 amide bonds. The SMILES string of the molecule is CONCc1ncc2n1CCN2. The third-order valence-electron chi connectivity index (χ3n) is 1.95. The first-order valence-electron chi connectivity index (χ1n) is 3.96. The fourth-order valence-corrected chi connectivity index (χ4v) is 1.38. The maximum atomic E-state index is 4.75. The summed E-state index contributed by atoms with van der Waals surface area (Å²) in [5.74, 6) is 2.11. The monoisotopic (exact) mass is 168 g/mol. The van der Waals surface area contributed by atoms with Crippen molar-refractivity contribution in [1.29, 1.82) is 0 Å². The van der Waals surface area contributed by atoms with E-state index in [1.165, 1.54) is 0 Å². The molecule has 0 bridgehead atoms. The van der Waals surface area contributed by atoms with E-state index in [0.717, 1.165) is 24.7 Å². The van der Waals surface area contributed by atoms with Crippen LogP contribution in [-0.4, -0.2) is 23.2 Å². The van der Waals surface area contributed by atoms with Crippen LogP contribution in [0.1, 0.15) is 5.82 Å². The molecule has 5 nitrogen and oxygen atoms in total. The first-order chi connectivity index (χ1) is 5.92.